The van der Waals surface area contributed by atoms with Gasteiger partial charge < -0.3 is 14.8 Å². The highest BCUT2D eigenvalue weighted by Crippen LogP contribution is 2.05. The molecule has 1 N–H and O–H groups in total. The minimum Gasteiger partial charge on any atom is -0.385 e. The van der Waals surface area contributed by atoms with Crippen LogP contribution in [0, 0.1) is 0 Å². The summed E-state index contributed by atoms with van der Waals surface area (Å²) in [7, 11) is 3.53. The lowest BCUT2D eigenvalue weighted by Crippen LogP contribution is -2.30. The van der Waals surface area contributed by atoms with E-state index in [-0.39, 0.29) is 0 Å². The fraction of sp³-hybridized carbons (Fsp3) is 1.00. The maximum Gasteiger partial charge on any atom is 0.0462 e. The number of hydrogen-bond donors (Lipinski definition) is 1. The van der Waals surface area contributed by atoms with Crippen molar-refractivity contribution in [1.82, 2.24) is 5.32 Å². The maximum absolute atomic E-state index is 5.07. The van der Waals surface area contributed by atoms with Crippen LogP contribution in [-0.4, -0.2) is 40.0 Å². The summed E-state index contributed by atoms with van der Waals surface area (Å²) in [5.74, 6) is 0. The molecule has 0 saturated carbocycles. The smallest absolute Gasteiger partial charge is 0.0462 e. The van der Waals surface area contributed by atoms with E-state index >= 15 is 0 Å². The van der Waals surface area contributed by atoms with E-state index in [1.807, 2.05) is 0 Å². The van der Waals surface area contributed by atoms with Crippen LogP contribution in [0.4, 0.5) is 0 Å². The summed E-state index contributed by atoms with van der Waals surface area (Å²) in [5.41, 5.74) is 0. The summed E-state index contributed by atoms with van der Waals surface area (Å²) in [6, 6.07) is 0.634. The van der Waals surface area contributed by atoms with E-state index in [1.54, 1.807) is 14.2 Å². The van der Waals surface area contributed by atoms with Crippen LogP contribution in [0.3, 0.4) is 0 Å². The molecule has 15 heavy (non-hydrogen) atoms. The van der Waals surface area contributed by atoms with Crippen LogP contribution in [0.5, 0.6) is 0 Å². The molecule has 0 rings (SSSR count). The minimum atomic E-state index is 0.634. The van der Waals surface area contributed by atoms with E-state index in [2.05, 4.69) is 12.2 Å². The first-order chi connectivity index (χ1) is 7.35. The van der Waals surface area contributed by atoms with E-state index in [9.17, 15) is 0 Å². The van der Waals surface area contributed by atoms with Gasteiger partial charge in [-0.3, -0.25) is 0 Å². The van der Waals surface area contributed by atoms with Crippen molar-refractivity contribution >= 4 is 0 Å². The summed E-state index contributed by atoms with van der Waals surface area (Å²) in [6.07, 6.45) is 5.90. The van der Waals surface area contributed by atoms with Crippen LogP contribution in [0.1, 0.15) is 39.0 Å². The lowest BCUT2D eigenvalue weighted by Gasteiger charge is -2.18. The van der Waals surface area contributed by atoms with Gasteiger partial charge >= 0.3 is 0 Å². The first-order valence-electron chi connectivity index (χ1n) is 6.06. The van der Waals surface area contributed by atoms with Crippen LogP contribution < -0.4 is 5.32 Å². The van der Waals surface area contributed by atoms with Gasteiger partial charge in [0.05, 0.1) is 0 Å². The minimum absolute atomic E-state index is 0.634. The van der Waals surface area contributed by atoms with Gasteiger partial charge in [0.25, 0.3) is 0 Å². The molecule has 0 heterocycles. The van der Waals surface area contributed by atoms with Gasteiger partial charge in [-0.05, 0) is 38.6 Å². The van der Waals surface area contributed by atoms with Crippen LogP contribution >= 0.6 is 0 Å². The number of hydrogen-bond acceptors (Lipinski definition) is 3. The van der Waals surface area contributed by atoms with Gasteiger partial charge in [-0.15, -0.1) is 0 Å². The molecule has 0 fully saturated rings. The average molecular weight is 217 g/mol. The highest BCUT2D eigenvalue weighted by atomic mass is 16.5. The second kappa shape index (κ2) is 12.0. The van der Waals surface area contributed by atoms with Crippen LogP contribution in [0.15, 0.2) is 0 Å². The highest BCUT2D eigenvalue weighted by Gasteiger charge is 2.06. The molecule has 0 bridgehead atoms. The maximum atomic E-state index is 5.07. The van der Waals surface area contributed by atoms with Gasteiger partial charge in [-0.25, -0.2) is 0 Å². The standard InChI is InChI=1S/C12H27NO2/c1-4-9-13-12(7-5-10-14-2)8-6-11-15-3/h12-13H,4-11H2,1-3H3. The van der Waals surface area contributed by atoms with Crippen molar-refractivity contribution in [1.29, 1.82) is 0 Å². The fourth-order valence-electron chi connectivity index (χ4n) is 1.65. The van der Waals surface area contributed by atoms with E-state index < -0.39 is 0 Å². The van der Waals surface area contributed by atoms with Crippen molar-refractivity contribution in [3.05, 3.63) is 0 Å². The summed E-state index contributed by atoms with van der Waals surface area (Å²) >= 11 is 0. The molecule has 0 aliphatic carbocycles. The quantitative estimate of drug-likeness (QED) is 0.538. The molecule has 0 saturated heterocycles. The Morgan fingerprint density at radius 1 is 1.00 bits per heavy atom. The van der Waals surface area contributed by atoms with Crippen molar-refractivity contribution in [3.63, 3.8) is 0 Å². The van der Waals surface area contributed by atoms with E-state index in [0.29, 0.717) is 6.04 Å². The number of methoxy groups -OCH3 is 2. The Labute approximate surface area is 94.5 Å². The number of rotatable bonds is 11. The molecular weight excluding hydrogens is 190 g/mol. The molecule has 0 amide bonds. The molecule has 0 atom stereocenters. The Morgan fingerprint density at radius 3 is 1.93 bits per heavy atom. The van der Waals surface area contributed by atoms with Crippen molar-refractivity contribution < 1.29 is 9.47 Å². The molecule has 0 aliphatic heterocycles. The van der Waals surface area contributed by atoms with Gasteiger partial charge in [0.1, 0.15) is 0 Å². The first kappa shape index (κ1) is 14.9. The molecule has 0 aromatic heterocycles. The SMILES string of the molecule is CCCNC(CCCOC)CCCOC. The Bertz CT molecular complexity index is 110. The summed E-state index contributed by atoms with van der Waals surface area (Å²) < 4.78 is 10.1. The van der Waals surface area contributed by atoms with Crippen LogP contribution in [0.2, 0.25) is 0 Å². The third-order valence-electron chi connectivity index (χ3n) is 2.49. The zero-order valence-corrected chi connectivity index (χ0v) is 10.6. The zero-order chi connectivity index (χ0) is 11.4. The molecule has 0 aliphatic rings. The van der Waals surface area contributed by atoms with Crippen molar-refractivity contribution in [2.75, 3.05) is 34.0 Å². The van der Waals surface area contributed by atoms with Gasteiger partial charge in [0.2, 0.25) is 0 Å². The van der Waals surface area contributed by atoms with Crippen LogP contribution in [0.25, 0.3) is 0 Å². The molecule has 0 radical (unpaired) electrons. The number of ether oxygens (including phenoxy) is 2. The lowest BCUT2D eigenvalue weighted by atomic mass is 10.1. The zero-order valence-electron chi connectivity index (χ0n) is 10.6. The summed E-state index contributed by atoms with van der Waals surface area (Å²) in [4.78, 5) is 0. The van der Waals surface area contributed by atoms with E-state index in [1.165, 1.54) is 19.3 Å². The third-order valence-corrected chi connectivity index (χ3v) is 2.49. The molecule has 0 aromatic carbocycles. The number of nitrogens with one attached hydrogen (secondary N) is 1. The molecule has 3 nitrogen and oxygen atoms in total. The Morgan fingerprint density at radius 2 is 1.53 bits per heavy atom. The predicted octanol–water partition coefficient (Wildman–Crippen LogP) is 2.21. The van der Waals surface area contributed by atoms with Gasteiger partial charge in [-0.1, -0.05) is 6.92 Å². The molecule has 92 valence electrons. The van der Waals surface area contributed by atoms with Gasteiger partial charge in [0.15, 0.2) is 0 Å². The monoisotopic (exact) mass is 217 g/mol. The third kappa shape index (κ3) is 10.2. The highest BCUT2D eigenvalue weighted by molar-refractivity contribution is 4.66. The van der Waals surface area contributed by atoms with Gasteiger partial charge in [-0.2, -0.15) is 0 Å². The lowest BCUT2D eigenvalue weighted by molar-refractivity contribution is 0.178. The predicted molar refractivity (Wildman–Crippen MR) is 64.3 cm³/mol. The van der Waals surface area contributed by atoms with E-state index in [4.69, 9.17) is 9.47 Å². The van der Waals surface area contributed by atoms with E-state index in [0.717, 1.165) is 32.6 Å². The van der Waals surface area contributed by atoms with Crippen LogP contribution in [-0.2, 0) is 9.47 Å². The molecule has 0 spiro atoms. The molecule has 0 unspecified atom stereocenters. The first-order valence-corrected chi connectivity index (χ1v) is 6.06. The molecule has 3 heteroatoms. The summed E-state index contributed by atoms with van der Waals surface area (Å²) in [6.45, 7) is 5.06. The second-order valence-electron chi connectivity index (χ2n) is 3.92. The molecule has 0 aromatic rings. The Balaban J connectivity index is 3.53. The molecular formula is C12H27NO2. The largest absolute Gasteiger partial charge is 0.385 e. The average Bonchev–Trinajstić information content (AvgIpc) is 2.25. The Hall–Kier alpha value is -0.120. The van der Waals surface area contributed by atoms with Crippen molar-refractivity contribution in [2.45, 2.75) is 45.1 Å². The van der Waals surface area contributed by atoms with Gasteiger partial charge in [0, 0.05) is 33.5 Å². The summed E-state index contributed by atoms with van der Waals surface area (Å²) in [5, 5.41) is 3.58. The second-order valence-corrected chi connectivity index (χ2v) is 3.92. The van der Waals surface area contributed by atoms with Crippen molar-refractivity contribution in [3.8, 4) is 0 Å². The van der Waals surface area contributed by atoms with Crippen molar-refractivity contribution in [2.24, 2.45) is 0 Å². The topological polar surface area (TPSA) is 30.5 Å². The Kier molecular flexibility index (Phi) is 11.9. The normalized spacial score (nSPS) is 11.2. The fourth-order valence-corrected chi connectivity index (χ4v) is 1.65.